The summed E-state index contributed by atoms with van der Waals surface area (Å²) in [4.78, 5) is 42.8. The van der Waals surface area contributed by atoms with E-state index in [2.05, 4.69) is 0 Å². The Morgan fingerprint density at radius 1 is 0.833 bits per heavy atom. The van der Waals surface area contributed by atoms with E-state index in [0.29, 0.717) is 16.9 Å². The summed E-state index contributed by atoms with van der Waals surface area (Å²) in [6.45, 7) is -0.283. The fraction of sp³-hybridized carbons (Fsp3) is 0.125. The number of nitrogens with zero attached hydrogens (tertiary/aromatic N) is 2. The van der Waals surface area contributed by atoms with Crippen molar-refractivity contribution in [2.75, 3.05) is 17.2 Å². The van der Waals surface area contributed by atoms with Crippen LogP contribution < -0.4 is 4.90 Å². The van der Waals surface area contributed by atoms with Gasteiger partial charge in [-0.1, -0.05) is 54.6 Å². The third kappa shape index (κ3) is 3.00. The Balaban J connectivity index is 1.50. The molecule has 6 heteroatoms. The highest BCUT2D eigenvalue weighted by atomic mass is 32.2. The van der Waals surface area contributed by atoms with Gasteiger partial charge in [0, 0.05) is 10.6 Å². The summed E-state index contributed by atoms with van der Waals surface area (Å²) in [6.07, 6.45) is 0. The highest BCUT2D eigenvalue weighted by Crippen LogP contribution is 2.43. The molecule has 0 N–H and O–H groups in total. The van der Waals surface area contributed by atoms with Crippen molar-refractivity contribution in [1.29, 1.82) is 0 Å². The van der Waals surface area contributed by atoms with Gasteiger partial charge in [0.15, 0.2) is 0 Å². The first-order valence-corrected chi connectivity index (χ1v) is 10.7. The van der Waals surface area contributed by atoms with E-state index in [-0.39, 0.29) is 18.5 Å². The van der Waals surface area contributed by atoms with Gasteiger partial charge in [0.2, 0.25) is 5.91 Å². The molecule has 1 atom stereocenters. The summed E-state index contributed by atoms with van der Waals surface area (Å²) < 4.78 is 0. The van der Waals surface area contributed by atoms with Crippen molar-refractivity contribution in [3.05, 3.63) is 95.6 Å². The molecule has 2 aliphatic heterocycles. The van der Waals surface area contributed by atoms with Crippen LogP contribution in [0.5, 0.6) is 0 Å². The molecule has 3 amide bonds. The van der Waals surface area contributed by atoms with Crippen molar-refractivity contribution in [3.8, 4) is 0 Å². The van der Waals surface area contributed by atoms with Gasteiger partial charge < -0.3 is 4.90 Å². The van der Waals surface area contributed by atoms with E-state index >= 15 is 0 Å². The lowest BCUT2D eigenvalue weighted by atomic mass is 10.1. The fourth-order valence-electron chi connectivity index (χ4n) is 4.01. The van der Waals surface area contributed by atoms with Crippen LogP contribution in [0.15, 0.2) is 83.8 Å². The molecule has 0 aromatic heterocycles. The summed E-state index contributed by atoms with van der Waals surface area (Å²) in [5.74, 6) is -0.402. The number of fused-ring (bicyclic) bond motifs is 2. The highest BCUT2D eigenvalue weighted by molar-refractivity contribution is 7.99. The normalized spacial score (nSPS) is 17.7. The zero-order chi connectivity index (χ0) is 20.7. The number of rotatable bonds is 3. The average Bonchev–Trinajstić information content (AvgIpc) is 3.04. The van der Waals surface area contributed by atoms with Crippen molar-refractivity contribution in [3.63, 3.8) is 0 Å². The van der Waals surface area contributed by atoms with Crippen LogP contribution in [0.25, 0.3) is 0 Å². The van der Waals surface area contributed by atoms with Crippen molar-refractivity contribution >= 4 is 35.2 Å². The van der Waals surface area contributed by atoms with Crippen LogP contribution in [-0.4, -0.2) is 34.9 Å². The molecule has 0 spiro atoms. The van der Waals surface area contributed by atoms with Crippen LogP contribution in [0.4, 0.5) is 5.69 Å². The molecule has 0 unspecified atom stereocenters. The third-order valence-electron chi connectivity index (χ3n) is 5.46. The first-order valence-electron chi connectivity index (χ1n) is 9.69. The number of hydrogen-bond donors (Lipinski definition) is 0. The van der Waals surface area contributed by atoms with Gasteiger partial charge in [-0.3, -0.25) is 19.3 Å². The molecule has 2 heterocycles. The summed E-state index contributed by atoms with van der Waals surface area (Å²) in [7, 11) is 0. The number of para-hydroxylation sites is 1. The molecule has 0 fully saturated rings. The van der Waals surface area contributed by atoms with Crippen LogP contribution >= 0.6 is 11.8 Å². The molecule has 3 aromatic rings. The first kappa shape index (κ1) is 18.6. The van der Waals surface area contributed by atoms with Crippen molar-refractivity contribution < 1.29 is 14.4 Å². The maximum atomic E-state index is 13.5. The molecule has 148 valence electrons. The number of carbonyl (C=O) groups is 3. The molecule has 5 rings (SSSR count). The lowest BCUT2D eigenvalue weighted by molar-refractivity contribution is -0.119. The highest BCUT2D eigenvalue weighted by Gasteiger charge is 2.39. The van der Waals surface area contributed by atoms with Crippen LogP contribution in [-0.2, 0) is 4.79 Å². The summed E-state index contributed by atoms with van der Waals surface area (Å²) >= 11 is 1.71. The van der Waals surface area contributed by atoms with Gasteiger partial charge in [-0.05, 0) is 29.8 Å². The average molecular weight is 414 g/mol. The maximum absolute atomic E-state index is 13.5. The molecular weight excluding hydrogens is 396 g/mol. The molecular formula is C24H18N2O3S. The lowest BCUT2D eigenvalue weighted by Gasteiger charge is -2.37. The Hall–Kier alpha value is -3.38. The monoisotopic (exact) mass is 414 g/mol. The van der Waals surface area contributed by atoms with Gasteiger partial charge in [-0.25, -0.2) is 0 Å². The second kappa shape index (κ2) is 7.46. The number of anilines is 1. The fourth-order valence-corrected chi connectivity index (χ4v) is 5.18. The maximum Gasteiger partial charge on any atom is 0.262 e. The van der Waals surface area contributed by atoms with E-state index in [9.17, 15) is 14.4 Å². The molecule has 0 bridgehead atoms. The van der Waals surface area contributed by atoms with Crippen LogP contribution in [0.1, 0.15) is 32.3 Å². The van der Waals surface area contributed by atoms with Crippen LogP contribution in [0.2, 0.25) is 0 Å². The van der Waals surface area contributed by atoms with Crippen LogP contribution in [0, 0.1) is 0 Å². The Morgan fingerprint density at radius 2 is 1.43 bits per heavy atom. The molecule has 3 aromatic carbocycles. The lowest BCUT2D eigenvalue weighted by Crippen LogP contribution is -2.46. The minimum atomic E-state index is -0.417. The van der Waals surface area contributed by atoms with Gasteiger partial charge in [0.25, 0.3) is 11.8 Å². The zero-order valence-electron chi connectivity index (χ0n) is 16.0. The number of imide groups is 1. The Bertz CT molecular complexity index is 1130. The van der Waals surface area contributed by atoms with Crippen LogP contribution in [0.3, 0.4) is 0 Å². The predicted molar refractivity (Wildman–Crippen MR) is 116 cm³/mol. The van der Waals surface area contributed by atoms with Crippen molar-refractivity contribution in [2.24, 2.45) is 0 Å². The minimum absolute atomic E-state index is 0.172. The van der Waals surface area contributed by atoms with E-state index in [1.54, 1.807) is 40.9 Å². The number of carbonyl (C=O) groups excluding carboxylic acids is 3. The molecule has 2 aliphatic rings. The Kier molecular flexibility index (Phi) is 4.64. The Morgan fingerprint density at radius 3 is 2.13 bits per heavy atom. The minimum Gasteiger partial charge on any atom is -0.301 e. The molecule has 0 saturated carbocycles. The van der Waals surface area contributed by atoms with Gasteiger partial charge in [0.1, 0.15) is 6.54 Å². The van der Waals surface area contributed by atoms with E-state index in [4.69, 9.17) is 0 Å². The number of thioether (sulfide) groups is 1. The standard InChI is InChI=1S/C24H18N2O3S/c27-22(14-25-23(28)17-10-4-5-11-18(17)24(25)29)26-19-12-6-7-13-21(19)30-15-20(26)16-8-2-1-3-9-16/h1-13,20H,14-15H2/t20-/m1/s1. The molecule has 30 heavy (non-hydrogen) atoms. The van der Waals surface area contributed by atoms with Crippen molar-refractivity contribution in [1.82, 2.24) is 4.90 Å². The van der Waals surface area contributed by atoms with E-state index in [1.165, 1.54) is 0 Å². The topological polar surface area (TPSA) is 57.7 Å². The third-order valence-corrected chi connectivity index (χ3v) is 6.60. The van der Waals surface area contributed by atoms with E-state index < -0.39 is 11.8 Å². The van der Waals surface area contributed by atoms with Gasteiger partial charge in [0.05, 0.1) is 22.9 Å². The number of amides is 3. The summed E-state index contributed by atoms with van der Waals surface area (Å²) in [5.41, 5.74) is 2.54. The Labute approximate surface area is 178 Å². The largest absolute Gasteiger partial charge is 0.301 e. The van der Waals surface area contributed by atoms with Gasteiger partial charge >= 0.3 is 0 Å². The first-order chi connectivity index (χ1) is 14.6. The van der Waals surface area contributed by atoms with Crippen molar-refractivity contribution in [2.45, 2.75) is 10.9 Å². The van der Waals surface area contributed by atoms with E-state index in [1.807, 2.05) is 54.6 Å². The number of benzene rings is 3. The van der Waals surface area contributed by atoms with Gasteiger partial charge in [-0.2, -0.15) is 0 Å². The number of hydrogen-bond acceptors (Lipinski definition) is 4. The molecule has 0 radical (unpaired) electrons. The smallest absolute Gasteiger partial charge is 0.262 e. The molecule has 0 aliphatic carbocycles. The molecule has 5 nitrogen and oxygen atoms in total. The second-order valence-corrected chi connectivity index (χ2v) is 8.27. The molecule has 0 saturated heterocycles. The second-order valence-electron chi connectivity index (χ2n) is 7.21. The summed E-state index contributed by atoms with van der Waals surface area (Å²) in [6, 6.07) is 24.1. The van der Waals surface area contributed by atoms with E-state index in [0.717, 1.165) is 21.0 Å². The SMILES string of the molecule is O=C1c2ccccc2C(=O)N1CC(=O)N1c2ccccc2SC[C@@H]1c1ccccc1. The summed E-state index contributed by atoms with van der Waals surface area (Å²) in [5, 5.41) is 0. The predicted octanol–water partition coefficient (Wildman–Crippen LogP) is 4.16. The van der Waals surface area contributed by atoms with Gasteiger partial charge in [-0.15, -0.1) is 11.8 Å². The quantitative estimate of drug-likeness (QED) is 0.604. The zero-order valence-corrected chi connectivity index (χ0v) is 16.8.